The van der Waals surface area contributed by atoms with Crippen molar-refractivity contribution >= 4 is 17.7 Å². The molecular formula is C27H37N3O3. The van der Waals surface area contributed by atoms with Gasteiger partial charge in [-0.15, -0.1) is 0 Å². The number of unbranched alkanes of at least 4 members (excludes halogenated alkanes) is 4. The van der Waals surface area contributed by atoms with E-state index in [1.54, 1.807) is 0 Å². The van der Waals surface area contributed by atoms with Crippen molar-refractivity contribution in [2.45, 2.75) is 83.1 Å². The van der Waals surface area contributed by atoms with Crippen LogP contribution in [-0.2, 0) is 27.8 Å². The number of aryl methyl sites for hydroxylation is 2. The topological polar surface area (TPSA) is 91.3 Å². The SMILES string of the molecule is CC(C)(C(=O)NC(CCCCCCCc1ccc2c(n1)NCCC2)C(=O)O)c1ccccc1. The number of carbonyl (C=O) groups excluding carboxylic acids is 1. The molecular weight excluding hydrogens is 414 g/mol. The zero-order chi connectivity index (χ0) is 23.7. The summed E-state index contributed by atoms with van der Waals surface area (Å²) in [6.07, 6.45) is 8.67. The van der Waals surface area contributed by atoms with Crippen LogP contribution >= 0.6 is 0 Å². The number of aliphatic carboxylic acids is 1. The van der Waals surface area contributed by atoms with Crippen LogP contribution in [0.5, 0.6) is 0 Å². The molecule has 1 aliphatic rings. The molecule has 1 aromatic carbocycles. The van der Waals surface area contributed by atoms with Gasteiger partial charge < -0.3 is 15.7 Å². The Balaban J connectivity index is 1.36. The molecule has 1 atom stereocenters. The molecule has 2 aromatic rings. The molecule has 1 amide bonds. The summed E-state index contributed by atoms with van der Waals surface area (Å²) in [6, 6.07) is 12.9. The minimum atomic E-state index is -0.973. The smallest absolute Gasteiger partial charge is 0.326 e. The Bertz CT molecular complexity index is 927. The van der Waals surface area contributed by atoms with Crippen LogP contribution in [-0.4, -0.2) is 34.6 Å². The predicted octanol–water partition coefficient (Wildman–Crippen LogP) is 4.87. The summed E-state index contributed by atoms with van der Waals surface area (Å²) >= 11 is 0. The average Bonchev–Trinajstić information content (AvgIpc) is 2.82. The van der Waals surface area contributed by atoms with Gasteiger partial charge in [0.25, 0.3) is 0 Å². The van der Waals surface area contributed by atoms with Gasteiger partial charge in [0.1, 0.15) is 11.9 Å². The summed E-state index contributed by atoms with van der Waals surface area (Å²) < 4.78 is 0. The van der Waals surface area contributed by atoms with Gasteiger partial charge in [-0.2, -0.15) is 0 Å². The van der Waals surface area contributed by atoms with E-state index in [1.165, 1.54) is 12.0 Å². The number of carboxylic acid groups (broad SMARTS) is 1. The molecule has 6 nitrogen and oxygen atoms in total. The van der Waals surface area contributed by atoms with Crippen LogP contribution in [0.3, 0.4) is 0 Å². The molecule has 0 aliphatic carbocycles. The zero-order valence-electron chi connectivity index (χ0n) is 19.9. The normalized spacial score (nSPS) is 14.1. The number of pyridine rings is 1. The van der Waals surface area contributed by atoms with Crippen LogP contribution in [0.1, 0.15) is 75.6 Å². The number of nitrogens with zero attached hydrogens (tertiary/aromatic N) is 1. The number of fused-ring (bicyclic) bond motifs is 1. The molecule has 0 saturated heterocycles. The third kappa shape index (κ3) is 7.04. The number of anilines is 1. The van der Waals surface area contributed by atoms with Crippen molar-refractivity contribution in [2.24, 2.45) is 0 Å². The summed E-state index contributed by atoms with van der Waals surface area (Å²) in [5.74, 6) is -0.177. The first kappa shape index (κ1) is 24.7. The Labute approximate surface area is 197 Å². The molecule has 3 N–H and O–H groups in total. The van der Waals surface area contributed by atoms with Gasteiger partial charge >= 0.3 is 5.97 Å². The highest BCUT2D eigenvalue weighted by molar-refractivity contribution is 5.90. The second-order valence-corrected chi connectivity index (χ2v) is 9.50. The number of aromatic nitrogens is 1. The first-order valence-electron chi connectivity index (χ1n) is 12.2. The fourth-order valence-corrected chi connectivity index (χ4v) is 4.27. The Morgan fingerprint density at radius 2 is 1.79 bits per heavy atom. The van der Waals surface area contributed by atoms with Gasteiger partial charge in [-0.1, -0.05) is 62.1 Å². The van der Waals surface area contributed by atoms with E-state index in [0.717, 1.165) is 68.6 Å². The maximum absolute atomic E-state index is 12.8. The van der Waals surface area contributed by atoms with Crippen LogP contribution in [0.4, 0.5) is 5.82 Å². The standard InChI is InChI=1S/C27H37N3O3/c1-27(2,21-13-7-6-8-14-21)26(33)30-23(25(31)32)16-10-5-3-4-9-15-22-18-17-20-12-11-19-28-24(20)29-22/h6-8,13-14,17-18,23H,3-5,9-12,15-16,19H2,1-2H3,(H,28,29)(H,30,33)(H,31,32). The maximum atomic E-state index is 12.8. The van der Waals surface area contributed by atoms with Gasteiger partial charge in [0.2, 0.25) is 5.91 Å². The predicted molar refractivity (Wildman–Crippen MR) is 131 cm³/mol. The minimum Gasteiger partial charge on any atom is -0.480 e. The highest BCUT2D eigenvalue weighted by Crippen LogP contribution is 2.24. The monoisotopic (exact) mass is 451 g/mol. The van der Waals surface area contributed by atoms with E-state index in [-0.39, 0.29) is 5.91 Å². The minimum absolute atomic E-state index is 0.256. The first-order chi connectivity index (χ1) is 15.9. The van der Waals surface area contributed by atoms with E-state index < -0.39 is 17.4 Å². The van der Waals surface area contributed by atoms with E-state index in [4.69, 9.17) is 4.98 Å². The van der Waals surface area contributed by atoms with Crippen LogP contribution in [0.15, 0.2) is 42.5 Å². The van der Waals surface area contributed by atoms with E-state index in [2.05, 4.69) is 22.8 Å². The molecule has 3 rings (SSSR count). The summed E-state index contributed by atoms with van der Waals surface area (Å²) in [5.41, 5.74) is 2.54. The van der Waals surface area contributed by atoms with Crippen molar-refractivity contribution in [3.05, 3.63) is 59.3 Å². The summed E-state index contributed by atoms with van der Waals surface area (Å²) in [6.45, 7) is 4.65. The number of carbonyl (C=O) groups is 2. The second-order valence-electron chi connectivity index (χ2n) is 9.50. The van der Waals surface area contributed by atoms with Crippen molar-refractivity contribution < 1.29 is 14.7 Å². The fraction of sp³-hybridized carbons (Fsp3) is 0.519. The van der Waals surface area contributed by atoms with Crippen LogP contribution in [0.25, 0.3) is 0 Å². The van der Waals surface area contributed by atoms with Gasteiger partial charge in [-0.3, -0.25) is 4.79 Å². The summed E-state index contributed by atoms with van der Waals surface area (Å²) in [5, 5.41) is 15.7. The Morgan fingerprint density at radius 1 is 1.06 bits per heavy atom. The second kappa shape index (κ2) is 11.8. The molecule has 6 heteroatoms. The molecule has 0 bridgehead atoms. The highest BCUT2D eigenvalue weighted by Gasteiger charge is 2.32. The van der Waals surface area contributed by atoms with Crippen molar-refractivity contribution in [3.63, 3.8) is 0 Å². The molecule has 1 unspecified atom stereocenters. The van der Waals surface area contributed by atoms with E-state index in [0.29, 0.717) is 6.42 Å². The van der Waals surface area contributed by atoms with Crippen molar-refractivity contribution in [1.82, 2.24) is 10.3 Å². The number of hydrogen-bond donors (Lipinski definition) is 3. The van der Waals surface area contributed by atoms with E-state index in [1.807, 2.05) is 44.2 Å². The summed E-state index contributed by atoms with van der Waals surface area (Å²) in [4.78, 5) is 29.2. The lowest BCUT2D eigenvalue weighted by Gasteiger charge is -2.26. The number of hydrogen-bond acceptors (Lipinski definition) is 4. The number of benzene rings is 1. The van der Waals surface area contributed by atoms with Crippen molar-refractivity contribution in [3.8, 4) is 0 Å². The number of amides is 1. The Kier molecular flexibility index (Phi) is 8.87. The average molecular weight is 452 g/mol. The zero-order valence-corrected chi connectivity index (χ0v) is 19.9. The van der Waals surface area contributed by atoms with Gasteiger partial charge in [0, 0.05) is 12.2 Å². The van der Waals surface area contributed by atoms with E-state index in [9.17, 15) is 14.7 Å². The lowest BCUT2D eigenvalue weighted by Crippen LogP contribution is -2.48. The van der Waals surface area contributed by atoms with Crippen molar-refractivity contribution in [2.75, 3.05) is 11.9 Å². The largest absolute Gasteiger partial charge is 0.480 e. The molecule has 178 valence electrons. The van der Waals surface area contributed by atoms with Crippen LogP contribution < -0.4 is 10.6 Å². The highest BCUT2D eigenvalue weighted by atomic mass is 16.4. The lowest BCUT2D eigenvalue weighted by molar-refractivity contribution is -0.142. The van der Waals surface area contributed by atoms with Gasteiger partial charge in [-0.05, 0) is 63.1 Å². The van der Waals surface area contributed by atoms with Gasteiger partial charge in [0.05, 0.1) is 5.41 Å². The molecule has 0 radical (unpaired) electrons. The third-order valence-electron chi connectivity index (χ3n) is 6.54. The Hall–Kier alpha value is -2.89. The number of rotatable bonds is 12. The van der Waals surface area contributed by atoms with E-state index >= 15 is 0 Å². The number of carboxylic acids is 1. The third-order valence-corrected chi connectivity index (χ3v) is 6.54. The summed E-state index contributed by atoms with van der Waals surface area (Å²) in [7, 11) is 0. The first-order valence-corrected chi connectivity index (χ1v) is 12.2. The van der Waals surface area contributed by atoms with Crippen molar-refractivity contribution in [1.29, 1.82) is 0 Å². The molecule has 0 fully saturated rings. The molecule has 0 saturated carbocycles. The van der Waals surface area contributed by atoms with Gasteiger partial charge in [0.15, 0.2) is 0 Å². The molecule has 33 heavy (non-hydrogen) atoms. The lowest BCUT2D eigenvalue weighted by atomic mass is 9.83. The molecule has 0 spiro atoms. The Morgan fingerprint density at radius 3 is 2.55 bits per heavy atom. The molecule has 2 heterocycles. The van der Waals surface area contributed by atoms with Gasteiger partial charge in [-0.25, -0.2) is 9.78 Å². The quantitative estimate of drug-likeness (QED) is 0.401. The maximum Gasteiger partial charge on any atom is 0.326 e. The molecule has 1 aliphatic heterocycles. The van der Waals surface area contributed by atoms with Crippen LogP contribution in [0, 0.1) is 0 Å². The van der Waals surface area contributed by atoms with Crippen LogP contribution in [0.2, 0.25) is 0 Å². The number of nitrogens with one attached hydrogen (secondary N) is 2. The molecule has 1 aromatic heterocycles. The fourth-order valence-electron chi connectivity index (χ4n) is 4.27.